The van der Waals surface area contributed by atoms with Gasteiger partial charge in [-0.25, -0.2) is 13.5 Å². The van der Waals surface area contributed by atoms with Crippen LogP contribution in [0.2, 0.25) is 0 Å². The summed E-state index contributed by atoms with van der Waals surface area (Å²) >= 11 is 0. The highest BCUT2D eigenvalue weighted by Gasteiger charge is 2.25. The minimum atomic E-state index is -0.607. The quantitative estimate of drug-likeness (QED) is 0.609. The minimum Gasteiger partial charge on any atom is -0.493 e. The molecule has 1 aromatic heterocycles. The minimum absolute atomic E-state index is 0.124. The third kappa shape index (κ3) is 4.16. The normalized spacial score (nSPS) is 15.7. The summed E-state index contributed by atoms with van der Waals surface area (Å²) in [5, 5.41) is 8.01. The number of rotatable bonds is 7. The summed E-state index contributed by atoms with van der Waals surface area (Å²) < 4.78 is 40.0. The van der Waals surface area contributed by atoms with Crippen LogP contribution < -0.4 is 14.8 Å². The van der Waals surface area contributed by atoms with E-state index in [0.29, 0.717) is 24.6 Å². The summed E-state index contributed by atoms with van der Waals surface area (Å²) in [6.07, 6.45) is 4.57. The van der Waals surface area contributed by atoms with Crippen LogP contribution in [0.5, 0.6) is 11.5 Å². The smallest absolute Gasteiger partial charge is 0.161 e. The molecular formula is C23H25F2N3O2. The Balaban J connectivity index is 1.53. The number of halogens is 2. The van der Waals surface area contributed by atoms with Gasteiger partial charge < -0.3 is 14.8 Å². The Morgan fingerprint density at radius 1 is 1.13 bits per heavy atom. The zero-order valence-electron chi connectivity index (χ0n) is 17.1. The fourth-order valence-corrected chi connectivity index (χ4v) is 3.99. The monoisotopic (exact) mass is 413 g/mol. The molecule has 7 heteroatoms. The summed E-state index contributed by atoms with van der Waals surface area (Å²) in [5.41, 5.74) is 3.56. The highest BCUT2D eigenvalue weighted by Crippen LogP contribution is 2.32. The molecule has 1 aliphatic carbocycles. The lowest BCUT2D eigenvalue weighted by Gasteiger charge is -2.24. The van der Waals surface area contributed by atoms with E-state index >= 15 is 0 Å². The fraction of sp³-hybridized carbons (Fsp3) is 0.348. The summed E-state index contributed by atoms with van der Waals surface area (Å²) in [5.74, 6) is 0.224. The second-order valence-electron chi connectivity index (χ2n) is 7.33. The van der Waals surface area contributed by atoms with Gasteiger partial charge in [0.05, 0.1) is 25.6 Å². The summed E-state index contributed by atoms with van der Waals surface area (Å²) in [4.78, 5) is 0. The van der Waals surface area contributed by atoms with Crippen molar-refractivity contribution in [3.8, 4) is 17.2 Å². The number of benzene rings is 2. The molecule has 5 nitrogen and oxygen atoms in total. The lowest BCUT2D eigenvalue weighted by Crippen LogP contribution is -2.25. The molecule has 0 saturated carbocycles. The van der Waals surface area contributed by atoms with Gasteiger partial charge in [-0.1, -0.05) is 6.07 Å². The predicted molar refractivity (Wildman–Crippen MR) is 110 cm³/mol. The Kier molecular flexibility index (Phi) is 5.99. The van der Waals surface area contributed by atoms with Gasteiger partial charge in [0.2, 0.25) is 0 Å². The van der Waals surface area contributed by atoms with Crippen molar-refractivity contribution in [2.24, 2.45) is 0 Å². The highest BCUT2D eigenvalue weighted by molar-refractivity contribution is 5.43. The first-order chi connectivity index (χ1) is 14.6. The van der Waals surface area contributed by atoms with Crippen LogP contribution in [0.1, 0.15) is 42.6 Å². The first-order valence-corrected chi connectivity index (χ1v) is 10.2. The maximum atomic E-state index is 13.7. The third-order valence-electron chi connectivity index (χ3n) is 5.36. The maximum Gasteiger partial charge on any atom is 0.161 e. The Morgan fingerprint density at radius 2 is 1.93 bits per heavy atom. The number of fused-ring (bicyclic) bond motifs is 1. The van der Waals surface area contributed by atoms with Gasteiger partial charge in [-0.05, 0) is 56.0 Å². The molecule has 0 aliphatic heterocycles. The van der Waals surface area contributed by atoms with Gasteiger partial charge in [-0.15, -0.1) is 0 Å². The van der Waals surface area contributed by atoms with E-state index in [4.69, 9.17) is 9.47 Å². The Labute approximate surface area is 174 Å². The first kappa shape index (κ1) is 20.3. The van der Waals surface area contributed by atoms with E-state index in [0.717, 1.165) is 47.9 Å². The Hall–Kier alpha value is -2.93. The van der Waals surface area contributed by atoms with Crippen molar-refractivity contribution in [2.45, 2.75) is 38.8 Å². The van der Waals surface area contributed by atoms with E-state index in [-0.39, 0.29) is 6.04 Å². The van der Waals surface area contributed by atoms with Crippen LogP contribution in [-0.2, 0) is 13.0 Å². The van der Waals surface area contributed by atoms with Crippen molar-refractivity contribution >= 4 is 0 Å². The molecule has 30 heavy (non-hydrogen) atoms. The molecule has 1 heterocycles. The maximum absolute atomic E-state index is 13.7. The van der Waals surface area contributed by atoms with Gasteiger partial charge in [0, 0.05) is 29.9 Å². The molecule has 2 aromatic carbocycles. The van der Waals surface area contributed by atoms with Crippen LogP contribution in [0.4, 0.5) is 8.78 Å². The molecule has 0 bridgehead atoms. The molecule has 0 saturated heterocycles. The number of nitrogens with zero attached hydrogens (tertiary/aromatic N) is 2. The zero-order valence-corrected chi connectivity index (χ0v) is 17.1. The summed E-state index contributed by atoms with van der Waals surface area (Å²) in [7, 11) is 1.63. The van der Waals surface area contributed by atoms with Crippen LogP contribution >= 0.6 is 0 Å². The van der Waals surface area contributed by atoms with Crippen LogP contribution in [-0.4, -0.2) is 23.5 Å². The van der Waals surface area contributed by atoms with Crippen molar-refractivity contribution in [3.05, 3.63) is 71.1 Å². The van der Waals surface area contributed by atoms with Crippen LogP contribution in [0.25, 0.3) is 5.69 Å². The number of aromatic nitrogens is 2. The Bertz CT molecular complexity index is 1020. The van der Waals surface area contributed by atoms with Crippen molar-refractivity contribution in [3.63, 3.8) is 0 Å². The van der Waals surface area contributed by atoms with Crippen LogP contribution in [0.3, 0.4) is 0 Å². The topological polar surface area (TPSA) is 48.3 Å². The second kappa shape index (κ2) is 8.83. The van der Waals surface area contributed by atoms with Crippen molar-refractivity contribution < 1.29 is 18.3 Å². The average Bonchev–Trinajstić information content (AvgIpc) is 3.17. The first-order valence-electron chi connectivity index (χ1n) is 10.2. The van der Waals surface area contributed by atoms with E-state index in [9.17, 15) is 8.78 Å². The summed E-state index contributed by atoms with van der Waals surface area (Å²) in [6, 6.07) is 9.51. The molecule has 0 amide bonds. The van der Waals surface area contributed by atoms with Crippen LogP contribution in [0.15, 0.2) is 42.6 Å². The number of methoxy groups -OCH3 is 1. The van der Waals surface area contributed by atoms with E-state index in [1.54, 1.807) is 18.0 Å². The SMILES string of the molecule is CCOc1cc(CN[C@H]2CCCc3c2cnn3-c2cc(F)cc(F)c2)ccc1OC. The van der Waals surface area contributed by atoms with E-state index in [1.165, 1.54) is 12.1 Å². The predicted octanol–water partition coefficient (Wildman–Crippen LogP) is 4.73. The molecule has 1 N–H and O–H groups in total. The van der Waals surface area contributed by atoms with Crippen LogP contribution in [0, 0.1) is 11.6 Å². The lowest BCUT2D eigenvalue weighted by molar-refractivity contribution is 0.310. The van der Waals surface area contributed by atoms with Gasteiger partial charge >= 0.3 is 0 Å². The van der Waals surface area contributed by atoms with Gasteiger partial charge in [-0.3, -0.25) is 0 Å². The number of ether oxygens (including phenoxy) is 2. The molecule has 1 atom stereocenters. The zero-order chi connectivity index (χ0) is 21.1. The van der Waals surface area contributed by atoms with Gasteiger partial charge in [0.15, 0.2) is 11.5 Å². The number of hydrogen-bond donors (Lipinski definition) is 1. The number of nitrogens with one attached hydrogen (secondary N) is 1. The Morgan fingerprint density at radius 3 is 2.67 bits per heavy atom. The molecule has 1 aliphatic rings. The molecule has 0 spiro atoms. The second-order valence-corrected chi connectivity index (χ2v) is 7.33. The molecule has 0 radical (unpaired) electrons. The van der Waals surface area contributed by atoms with Gasteiger partial charge in [0.1, 0.15) is 11.6 Å². The lowest BCUT2D eigenvalue weighted by atomic mass is 9.92. The van der Waals surface area contributed by atoms with Gasteiger partial charge in [0.25, 0.3) is 0 Å². The van der Waals surface area contributed by atoms with E-state index < -0.39 is 11.6 Å². The van der Waals surface area contributed by atoms with E-state index in [2.05, 4.69) is 10.4 Å². The molecule has 0 unspecified atom stereocenters. The fourth-order valence-electron chi connectivity index (χ4n) is 3.99. The summed E-state index contributed by atoms with van der Waals surface area (Å²) in [6.45, 7) is 3.17. The molecule has 3 aromatic rings. The highest BCUT2D eigenvalue weighted by atomic mass is 19.1. The van der Waals surface area contributed by atoms with Crippen molar-refractivity contribution in [1.82, 2.24) is 15.1 Å². The largest absolute Gasteiger partial charge is 0.493 e. The van der Waals surface area contributed by atoms with Crippen molar-refractivity contribution in [1.29, 1.82) is 0 Å². The van der Waals surface area contributed by atoms with E-state index in [1.807, 2.05) is 25.1 Å². The average molecular weight is 413 g/mol. The molecule has 158 valence electrons. The molecular weight excluding hydrogens is 388 g/mol. The van der Waals surface area contributed by atoms with Gasteiger partial charge in [-0.2, -0.15) is 5.10 Å². The molecule has 4 rings (SSSR count). The number of hydrogen-bond acceptors (Lipinski definition) is 4. The third-order valence-corrected chi connectivity index (χ3v) is 5.36. The standard InChI is InChI=1S/C23H25F2N3O2/c1-3-30-23-9-15(7-8-22(23)29-2)13-26-20-5-4-6-21-19(20)14-27-28(21)18-11-16(24)10-17(25)12-18/h7-12,14,20,26H,3-6,13H2,1-2H3/t20-/m0/s1. The molecule has 0 fully saturated rings. The van der Waals surface area contributed by atoms with Crippen molar-refractivity contribution in [2.75, 3.05) is 13.7 Å².